The van der Waals surface area contributed by atoms with Crippen LogP contribution >= 0.6 is 11.8 Å². The van der Waals surface area contributed by atoms with Gasteiger partial charge in [-0.15, -0.1) is 0 Å². The Morgan fingerprint density at radius 2 is 2.11 bits per heavy atom. The first-order chi connectivity index (χ1) is 17.0. The van der Waals surface area contributed by atoms with Crippen LogP contribution < -0.4 is 16.0 Å². The number of Topliss-reactive ketones (excluding diaryl/α,β-unsaturated/α-hetero) is 1. The summed E-state index contributed by atoms with van der Waals surface area (Å²) in [6.45, 7) is 8.05. The summed E-state index contributed by atoms with van der Waals surface area (Å²) >= 11 is 1.80. The lowest BCUT2D eigenvalue weighted by Crippen LogP contribution is -2.50. The molecule has 6 nitrogen and oxygen atoms in total. The normalized spacial score (nSPS) is 25.9. The summed E-state index contributed by atoms with van der Waals surface area (Å²) in [5, 5.41) is 9.77. The molecule has 1 aromatic rings. The second kappa shape index (κ2) is 12.6. The van der Waals surface area contributed by atoms with E-state index in [-0.39, 0.29) is 17.7 Å². The third-order valence-electron chi connectivity index (χ3n) is 8.20. The van der Waals surface area contributed by atoms with E-state index >= 15 is 0 Å². The average Bonchev–Trinajstić information content (AvgIpc) is 3.26. The summed E-state index contributed by atoms with van der Waals surface area (Å²) < 4.78 is 0. The standard InChI is InChI=1S/C28H44N4O2S/c1-4-12-32-16-20(17-35-18-27(34)30-11-6-5-9-24(29-3)19(2)33)13-23-22-8-7-10-25-28(22)21(15-31-25)14-26(23)32/h7-8,10,20-21,23-24,26,29,31H,4-6,9,11-18H2,1-3H3,(H,30,34). The molecule has 2 aliphatic heterocycles. The van der Waals surface area contributed by atoms with Gasteiger partial charge in [-0.25, -0.2) is 0 Å². The summed E-state index contributed by atoms with van der Waals surface area (Å²) in [4.78, 5) is 26.6. The van der Waals surface area contributed by atoms with E-state index in [4.69, 9.17) is 0 Å². The van der Waals surface area contributed by atoms with Gasteiger partial charge in [-0.3, -0.25) is 14.5 Å². The molecule has 0 saturated carbocycles. The van der Waals surface area contributed by atoms with Gasteiger partial charge >= 0.3 is 0 Å². The lowest BCUT2D eigenvalue weighted by atomic mass is 9.68. The van der Waals surface area contributed by atoms with Crippen molar-refractivity contribution in [1.29, 1.82) is 0 Å². The van der Waals surface area contributed by atoms with Crippen molar-refractivity contribution in [2.45, 2.75) is 76.3 Å². The number of nitrogens with one attached hydrogen (secondary N) is 3. The molecule has 3 aliphatic rings. The first-order valence-electron chi connectivity index (χ1n) is 13.6. The Balaban J connectivity index is 1.23. The number of likely N-dealkylation sites (tertiary alicyclic amines) is 1. The topological polar surface area (TPSA) is 73.5 Å². The quantitative estimate of drug-likeness (QED) is 0.356. The zero-order valence-corrected chi connectivity index (χ0v) is 22.6. The molecule has 2 heterocycles. The van der Waals surface area contributed by atoms with Crippen LogP contribution in [0.4, 0.5) is 5.69 Å². The Morgan fingerprint density at radius 1 is 1.26 bits per heavy atom. The SMILES string of the molecule is CCCN1CC(CSCC(=O)NCCCCC(NC)C(C)=O)CC2c3cccc4c3C(CN4)CC21. The number of fused-ring (bicyclic) bond motifs is 2. The van der Waals surface area contributed by atoms with E-state index in [0.717, 1.165) is 31.6 Å². The number of carbonyl (C=O) groups is 2. The Bertz CT molecular complexity index is 879. The van der Waals surface area contributed by atoms with Crippen molar-refractivity contribution in [3.05, 3.63) is 29.3 Å². The molecule has 0 radical (unpaired) electrons. The summed E-state index contributed by atoms with van der Waals surface area (Å²) in [5.41, 5.74) is 4.55. The number of anilines is 1. The van der Waals surface area contributed by atoms with E-state index in [9.17, 15) is 9.59 Å². The Kier molecular flexibility index (Phi) is 9.53. The maximum absolute atomic E-state index is 12.4. The van der Waals surface area contributed by atoms with Gasteiger partial charge in [-0.05, 0) is 87.9 Å². The van der Waals surface area contributed by atoms with Gasteiger partial charge in [0.05, 0.1) is 11.8 Å². The number of piperidine rings is 1. The molecule has 3 N–H and O–H groups in total. The highest BCUT2D eigenvalue weighted by Gasteiger charge is 2.44. The zero-order chi connectivity index (χ0) is 24.8. The van der Waals surface area contributed by atoms with E-state index in [1.54, 1.807) is 29.8 Å². The number of thioether (sulfide) groups is 1. The largest absolute Gasteiger partial charge is 0.384 e. The number of nitrogens with zero attached hydrogens (tertiary/aromatic N) is 1. The molecule has 4 rings (SSSR count). The van der Waals surface area contributed by atoms with Gasteiger partial charge in [0.2, 0.25) is 5.91 Å². The summed E-state index contributed by atoms with van der Waals surface area (Å²) in [6, 6.07) is 7.47. The predicted octanol–water partition coefficient (Wildman–Crippen LogP) is 3.98. The predicted molar refractivity (Wildman–Crippen MR) is 147 cm³/mol. The second-order valence-corrected chi connectivity index (χ2v) is 11.7. The fourth-order valence-electron chi connectivity index (χ4n) is 6.59. The smallest absolute Gasteiger partial charge is 0.229 e. The van der Waals surface area contributed by atoms with E-state index in [0.29, 0.717) is 36.1 Å². The molecule has 0 spiro atoms. The van der Waals surface area contributed by atoms with Crippen LogP contribution in [0.15, 0.2) is 18.2 Å². The lowest BCUT2D eigenvalue weighted by Gasteiger charge is -2.49. The molecule has 5 unspecified atom stereocenters. The fraction of sp³-hybridized carbons (Fsp3) is 0.714. The van der Waals surface area contributed by atoms with Crippen LogP contribution in [0.3, 0.4) is 0 Å². The number of ketones is 1. The molecule has 194 valence electrons. The molecule has 1 aliphatic carbocycles. The van der Waals surface area contributed by atoms with Gasteiger partial charge in [0.15, 0.2) is 0 Å². The molecule has 5 atom stereocenters. The number of rotatable bonds is 13. The van der Waals surface area contributed by atoms with E-state index < -0.39 is 0 Å². The minimum absolute atomic E-state index is 0.0631. The van der Waals surface area contributed by atoms with Gasteiger partial charge in [0, 0.05) is 43.2 Å². The number of likely N-dealkylation sites (N-methyl/N-ethyl adjacent to an activating group) is 1. The van der Waals surface area contributed by atoms with Crippen molar-refractivity contribution in [2.24, 2.45) is 5.92 Å². The van der Waals surface area contributed by atoms with Crippen molar-refractivity contribution in [3.8, 4) is 0 Å². The number of unbranched alkanes of at least 4 members (excludes halogenated alkanes) is 1. The molecular weight excluding hydrogens is 456 g/mol. The van der Waals surface area contributed by atoms with Crippen LogP contribution in [0.5, 0.6) is 0 Å². The molecule has 7 heteroatoms. The van der Waals surface area contributed by atoms with Gasteiger partial charge in [-0.1, -0.05) is 19.1 Å². The van der Waals surface area contributed by atoms with Gasteiger partial charge in [0.1, 0.15) is 5.78 Å². The molecule has 0 aromatic heterocycles. The second-order valence-electron chi connectivity index (χ2n) is 10.7. The maximum Gasteiger partial charge on any atom is 0.229 e. The van der Waals surface area contributed by atoms with E-state index in [1.807, 2.05) is 7.05 Å². The van der Waals surface area contributed by atoms with Crippen molar-refractivity contribution in [1.82, 2.24) is 15.5 Å². The van der Waals surface area contributed by atoms with Crippen LogP contribution in [0.1, 0.15) is 75.3 Å². The number of benzene rings is 1. The zero-order valence-electron chi connectivity index (χ0n) is 21.8. The first-order valence-corrected chi connectivity index (χ1v) is 14.8. The number of amides is 1. The van der Waals surface area contributed by atoms with Gasteiger partial charge in [-0.2, -0.15) is 11.8 Å². The molecule has 1 amide bonds. The van der Waals surface area contributed by atoms with Crippen LogP contribution in [-0.2, 0) is 9.59 Å². The minimum Gasteiger partial charge on any atom is -0.384 e. The van der Waals surface area contributed by atoms with Gasteiger partial charge < -0.3 is 16.0 Å². The molecule has 1 saturated heterocycles. The Morgan fingerprint density at radius 3 is 2.89 bits per heavy atom. The van der Waals surface area contributed by atoms with E-state index in [2.05, 4.69) is 46.0 Å². The number of hydrogen-bond acceptors (Lipinski definition) is 6. The summed E-state index contributed by atoms with van der Waals surface area (Å²) in [7, 11) is 1.83. The molecule has 35 heavy (non-hydrogen) atoms. The van der Waals surface area contributed by atoms with Crippen LogP contribution in [0.2, 0.25) is 0 Å². The third kappa shape index (κ3) is 6.41. The van der Waals surface area contributed by atoms with Crippen LogP contribution in [-0.4, -0.2) is 73.4 Å². The Labute approximate surface area is 215 Å². The fourth-order valence-corrected chi connectivity index (χ4v) is 7.57. The van der Waals surface area contributed by atoms with Gasteiger partial charge in [0.25, 0.3) is 0 Å². The first kappa shape index (κ1) is 26.5. The molecular formula is C28H44N4O2S. The third-order valence-corrected chi connectivity index (χ3v) is 9.38. The highest BCUT2D eigenvalue weighted by molar-refractivity contribution is 7.99. The monoisotopic (exact) mass is 500 g/mol. The van der Waals surface area contributed by atoms with Crippen molar-refractivity contribution in [3.63, 3.8) is 0 Å². The van der Waals surface area contributed by atoms with Crippen molar-refractivity contribution < 1.29 is 9.59 Å². The minimum atomic E-state index is -0.0631. The summed E-state index contributed by atoms with van der Waals surface area (Å²) in [6.07, 6.45) is 6.41. The molecule has 0 bridgehead atoms. The summed E-state index contributed by atoms with van der Waals surface area (Å²) in [5.74, 6) is 3.83. The number of carbonyl (C=O) groups excluding carboxylic acids is 2. The molecule has 1 aromatic carbocycles. The average molecular weight is 501 g/mol. The highest BCUT2D eigenvalue weighted by atomic mass is 32.2. The van der Waals surface area contributed by atoms with Crippen molar-refractivity contribution >= 4 is 29.1 Å². The maximum atomic E-state index is 12.4. The van der Waals surface area contributed by atoms with Crippen LogP contribution in [0.25, 0.3) is 0 Å². The van der Waals surface area contributed by atoms with E-state index in [1.165, 1.54) is 38.0 Å². The number of hydrogen-bond donors (Lipinski definition) is 3. The highest BCUT2D eigenvalue weighted by Crippen LogP contribution is 2.51. The molecule has 1 fully saturated rings. The van der Waals surface area contributed by atoms with Crippen LogP contribution in [0, 0.1) is 5.92 Å². The Hall–Kier alpha value is -1.57. The lowest BCUT2D eigenvalue weighted by molar-refractivity contribution is -0.119. The van der Waals surface area contributed by atoms with Crippen molar-refractivity contribution in [2.75, 3.05) is 50.0 Å².